The molecule has 0 saturated heterocycles. The van der Waals surface area contributed by atoms with Crippen molar-refractivity contribution in [2.75, 3.05) is 16.4 Å². The van der Waals surface area contributed by atoms with Gasteiger partial charge in [-0.15, -0.1) is 0 Å². The van der Waals surface area contributed by atoms with Crippen molar-refractivity contribution in [3.63, 3.8) is 0 Å². The molecule has 8 nitrogen and oxygen atoms in total. The second kappa shape index (κ2) is 10.8. The fraction of sp³-hybridized carbons (Fsp3) is 0.167. The van der Waals surface area contributed by atoms with Gasteiger partial charge in [-0.2, -0.15) is 0 Å². The first kappa shape index (κ1) is 27.1. The van der Waals surface area contributed by atoms with Gasteiger partial charge in [0.25, 0.3) is 0 Å². The number of hydrogen-bond donors (Lipinski definition) is 4. The molecule has 0 radical (unpaired) electrons. The molecular formula is C30H31FN8. The lowest BCUT2D eigenvalue weighted by atomic mass is 9.93. The van der Waals surface area contributed by atoms with Crippen LogP contribution in [0.4, 0.5) is 21.5 Å². The lowest BCUT2D eigenvalue weighted by Crippen LogP contribution is -2.16. The summed E-state index contributed by atoms with van der Waals surface area (Å²) in [7, 11) is 0. The number of halogens is 1. The molecular weight excluding hydrogens is 491 g/mol. The summed E-state index contributed by atoms with van der Waals surface area (Å²) < 4.78 is 15.9. The van der Waals surface area contributed by atoms with Crippen molar-refractivity contribution in [3.8, 4) is 22.5 Å². The molecule has 5 N–H and O–H groups in total. The van der Waals surface area contributed by atoms with Crippen LogP contribution in [0.15, 0.2) is 86.0 Å². The molecule has 39 heavy (non-hydrogen) atoms. The lowest BCUT2D eigenvalue weighted by Gasteiger charge is -2.23. The number of hydrogen-bond acceptors (Lipinski definition) is 8. The fourth-order valence-electron chi connectivity index (χ4n) is 3.80. The van der Waals surface area contributed by atoms with Crippen LogP contribution in [0, 0.1) is 23.6 Å². The number of pyridine rings is 4. The second-order valence-electron chi connectivity index (χ2n) is 10.1. The van der Waals surface area contributed by atoms with Crippen LogP contribution in [-0.4, -0.2) is 25.6 Å². The summed E-state index contributed by atoms with van der Waals surface area (Å²) in [5.41, 5.74) is 10.9. The molecule has 0 saturated carbocycles. The van der Waals surface area contributed by atoms with Gasteiger partial charge < -0.3 is 16.4 Å². The third kappa shape index (κ3) is 5.82. The number of nitrogen functional groups attached to an aromatic ring is 1. The van der Waals surface area contributed by atoms with E-state index >= 15 is 4.39 Å². The van der Waals surface area contributed by atoms with Crippen LogP contribution < -0.4 is 16.4 Å². The van der Waals surface area contributed by atoms with Crippen molar-refractivity contribution in [2.24, 2.45) is 5.41 Å². The molecule has 0 amide bonds. The molecule has 0 atom stereocenters. The third-order valence-electron chi connectivity index (χ3n) is 6.26. The molecule has 0 bridgehead atoms. The molecule has 4 heterocycles. The minimum atomic E-state index is -0.736. The van der Waals surface area contributed by atoms with Gasteiger partial charge in [-0.3, -0.25) is 25.3 Å². The van der Waals surface area contributed by atoms with Crippen molar-refractivity contribution in [1.82, 2.24) is 19.9 Å². The SMILES string of the molecule is C=C(Nc1ccnc(-c2ccncc2)c1C)C(=N)c1c(N)cnc(-c2cncc(NC(=C)C(C)(C)C)c2)c1F. The molecule has 9 heteroatoms. The highest BCUT2D eigenvalue weighted by atomic mass is 19.1. The van der Waals surface area contributed by atoms with E-state index in [2.05, 4.69) is 43.7 Å². The van der Waals surface area contributed by atoms with Gasteiger partial charge >= 0.3 is 0 Å². The van der Waals surface area contributed by atoms with Crippen LogP contribution >= 0.6 is 0 Å². The number of aromatic nitrogens is 4. The van der Waals surface area contributed by atoms with Crippen LogP contribution in [0.25, 0.3) is 22.5 Å². The van der Waals surface area contributed by atoms with E-state index in [1.165, 1.54) is 12.4 Å². The Morgan fingerprint density at radius 3 is 2.33 bits per heavy atom. The molecule has 4 aromatic rings. The van der Waals surface area contributed by atoms with E-state index in [1.54, 1.807) is 36.9 Å². The van der Waals surface area contributed by atoms with E-state index < -0.39 is 5.82 Å². The van der Waals surface area contributed by atoms with Crippen LogP contribution in [0.5, 0.6) is 0 Å². The number of rotatable bonds is 8. The monoisotopic (exact) mass is 522 g/mol. The first-order chi connectivity index (χ1) is 18.5. The van der Waals surface area contributed by atoms with Crippen molar-refractivity contribution in [2.45, 2.75) is 27.7 Å². The molecule has 198 valence electrons. The predicted molar refractivity (Wildman–Crippen MR) is 156 cm³/mol. The number of nitrogens with zero attached hydrogens (tertiary/aromatic N) is 4. The molecule has 0 aliphatic heterocycles. The second-order valence-corrected chi connectivity index (χ2v) is 10.1. The molecule has 4 aromatic heterocycles. The molecule has 0 aliphatic carbocycles. The van der Waals surface area contributed by atoms with Gasteiger partial charge in [0.2, 0.25) is 0 Å². The highest BCUT2D eigenvalue weighted by Gasteiger charge is 2.22. The van der Waals surface area contributed by atoms with E-state index in [0.717, 1.165) is 22.5 Å². The summed E-state index contributed by atoms with van der Waals surface area (Å²) >= 11 is 0. The Kier molecular flexibility index (Phi) is 7.53. The van der Waals surface area contributed by atoms with Gasteiger partial charge in [0.05, 0.1) is 46.4 Å². The van der Waals surface area contributed by atoms with E-state index in [9.17, 15) is 0 Å². The van der Waals surface area contributed by atoms with Gasteiger partial charge in [-0.05, 0) is 36.8 Å². The summed E-state index contributed by atoms with van der Waals surface area (Å²) in [6.45, 7) is 16.1. The Labute approximate surface area is 227 Å². The van der Waals surface area contributed by atoms with Crippen LogP contribution in [0.1, 0.15) is 31.9 Å². The number of anilines is 3. The minimum absolute atomic E-state index is 0.0225. The Balaban J connectivity index is 1.63. The van der Waals surface area contributed by atoms with E-state index in [0.29, 0.717) is 16.9 Å². The molecule has 0 unspecified atom stereocenters. The average Bonchev–Trinajstić information content (AvgIpc) is 2.90. The molecule has 4 rings (SSSR count). The number of nitrogens with one attached hydrogen (secondary N) is 3. The van der Waals surface area contributed by atoms with Crippen LogP contribution in [0.2, 0.25) is 0 Å². The summed E-state index contributed by atoms with van der Waals surface area (Å²) in [6, 6.07) is 7.23. The lowest BCUT2D eigenvalue weighted by molar-refractivity contribution is 0.509. The van der Waals surface area contributed by atoms with Crippen molar-refractivity contribution in [1.29, 1.82) is 5.41 Å². The number of nitrogens with two attached hydrogens (primary N) is 1. The third-order valence-corrected chi connectivity index (χ3v) is 6.26. The molecule has 0 aromatic carbocycles. The molecule has 0 fully saturated rings. The van der Waals surface area contributed by atoms with Crippen molar-refractivity contribution >= 4 is 22.8 Å². The van der Waals surface area contributed by atoms with Crippen molar-refractivity contribution < 1.29 is 4.39 Å². The zero-order chi connectivity index (χ0) is 28.3. The smallest absolute Gasteiger partial charge is 0.161 e. The maximum Gasteiger partial charge on any atom is 0.161 e. The zero-order valence-electron chi connectivity index (χ0n) is 22.4. The van der Waals surface area contributed by atoms with E-state index in [1.807, 2.05) is 39.8 Å². The maximum absolute atomic E-state index is 15.9. The molecule has 0 aliphatic rings. The topological polar surface area (TPSA) is 125 Å². The minimum Gasteiger partial charge on any atom is -0.397 e. The number of allylic oxidation sites excluding steroid dienone is 2. The maximum atomic E-state index is 15.9. The van der Waals surface area contributed by atoms with Gasteiger partial charge in [-0.1, -0.05) is 33.9 Å². The fourth-order valence-corrected chi connectivity index (χ4v) is 3.80. The first-order valence-electron chi connectivity index (χ1n) is 12.2. The van der Waals surface area contributed by atoms with E-state index in [4.69, 9.17) is 11.1 Å². The zero-order valence-corrected chi connectivity index (χ0v) is 22.4. The Morgan fingerprint density at radius 2 is 1.64 bits per heavy atom. The quantitative estimate of drug-likeness (QED) is 0.192. The van der Waals surface area contributed by atoms with Gasteiger partial charge in [-0.25, -0.2) is 4.39 Å². The van der Waals surface area contributed by atoms with Crippen LogP contribution in [0.3, 0.4) is 0 Å². The average molecular weight is 523 g/mol. The van der Waals surface area contributed by atoms with Crippen LogP contribution in [-0.2, 0) is 0 Å². The summed E-state index contributed by atoms with van der Waals surface area (Å²) in [5, 5.41) is 15.1. The summed E-state index contributed by atoms with van der Waals surface area (Å²) in [5.74, 6) is -0.736. The summed E-state index contributed by atoms with van der Waals surface area (Å²) in [4.78, 5) is 17.0. The predicted octanol–water partition coefficient (Wildman–Crippen LogP) is 6.60. The van der Waals surface area contributed by atoms with Gasteiger partial charge in [0.15, 0.2) is 5.82 Å². The first-order valence-corrected chi connectivity index (χ1v) is 12.2. The Hall–Kier alpha value is -4.92. The Bertz CT molecular complexity index is 1570. The summed E-state index contributed by atoms with van der Waals surface area (Å²) in [6.07, 6.45) is 9.52. The Morgan fingerprint density at radius 1 is 0.923 bits per heavy atom. The molecule has 0 spiro atoms. The van der Waals surface area contributed by atoms with Gasteiger partial charge in [0, 0.05) is 52.7 Å². The van der Waals surface area contributed by atoms with E-state index in [-0.39, 0.29) is 33.8 Å². The highest BCUT2D eigenvalue weighted by Crippen LogP contribution is 2.31. The highest BCUT2D eigenvalue weighted by molar-refractivity contribution is 6.15. The standard InChI is InChI=1S/C30H31FN8/c1-17-24(9-12-36-28(17)20-7-10-34-11-8-20)38-18(2)27(33)25-23(32)16-37-29(26(25)31)21-13-22(15-35-14-21)39-19(3)30(4,5)6/h7-16,33,39H,2-3,32H2,1,4-6H3,(H,36,38). The van der Waals surface area contributed by atoms with Crippen molar-refractivity contribution in [3.05, 3.63) is 103 Å². The normalized spacial score (nSPS) is 11.1. The van der Waals surface area contributed by atoms with Gasteiger partial charge in [0.1, 0.15) is 5.69 Å². The largest absolute Gasteiger partial charge is 0.397 e.